The van der Waals surface area contributed by atoms with E-state index in [0.29, 0.717) is 12.1 Å². The molecule has 0 radical (unpaired) electrons. The van der Waals surface area contributed by atoms with Gasteiger partial charge in [0.2, 0.25) is 0 Å². The largest absolute Gasteiger partial charge is 0.306 e. The standard InChI is InChI=1S/C18H16N2O2/c1-2-12-20-15-11-7-6-10-14(15)16(18(20)22)19-17(21)13-8-4-3-5-9-13/h3-11H,2,12H2,1H3. The van der Waals surface area contributed by atoms with Crippen molar-refractivity contribution in [3.63, 3.8) is 0 Å². The van der Waals surface area contributed by atoms with Crippen molar-refractivity contribution in [1.82, 2.24) is 0 Å². The number of aliphatic imine (C=N–C) groups is 1. The molecule has 1 aliphatic heterocycles. The van der Waals surface area contributed by atoms with Gasteiger partial charge < -0.3 is 4.90 Å². The Morgan fingerprint density at radius 2 is 1.73 bits per heavy atom. The van der Waals surface area contributed by atoms with Crippen LogP contribution in [-0.2, 0) is 4.79 Å². The predicted octanol–water partition coefficient (Wildman–Crippen LogP) is 3.07. The van der Waals surface area contributed by atoms with Crippen molar-refractivity contribution in [2.24, 2.45) is 4.99 Å². The van der Waals surface area contributed by atoms with Gasteiger partial charge in [-0.05, 0) is 24.6 Å². The SMILES string of the molecule is CCCN1C(=O)C(=NC(=O)c2ccccc2)c2ccccc21. The van der Waals surface area contributed by atoms with E-state index in [1.807, 2.05) is 37.3 Å². The van der Waals surface area contributed by atoms with Gasteiger partial charge in [-0.15, -0.1) is 0 Å². The lowest BCUT2D eigenvalue weighted by Crippen LogP contribution is -2.31. The summed E-state index contributed by atoms with van der Waals surface area (Å²) in [5.41, 5.74) is 2.27. The van der Waals surface area contributed by atoms with Crippen molar-refractivity contribution >= 4 is 23.2 Å². The minimum Gasteiger partial charge on any atom is -0.306 e. The van der Waals surface area contributed by atoms with Crippen molar-refractivity contribution < 1.29 is 9.59 Å². The number of benzene rings is 2. The molecule has 1 aliphatic rings. The highest BCUT2D eigenvalue weighted by Crippen LogP contribution is 2.29. The number of fused-ring (bicyclic) bond motifs is 1. The summed E-state index contributed by atoms with van der Waals surface area (Å²) in [6.45, 7) is 2.63. The summed E-state index contributed by atoms with van der Waals surface area (Å²) in [4.78, 5) is 30.6. The van der Waals surface area contributed by atoms with Gasteiger partial charge >= 0.3 is 0 Å². The van der Waals surface area contributed by atoms with E-state index in [-0.39, 0.29) is 11.6 Å². The molecule has 0 fully saturated rings. The number of hydrogen-bond acceptors (Lipinski definition) is 2. The second-order valence-corrected chi connectivity index (χ2v) is 5.11. The number of para-hydroxylation sites is 1. The molecule has 0 saturated heterocycles. The van der Waals surface area contributed by atoms with Crippen LogP contribution in [0.4, 0.5) is 5.69 Å². The van der Waals surface area contributed by atoms with Gasteiger partial charge in [0, 0.05) is 17.7 Å². The Morgan fingerprint density at radius 1 is 1.05 bits per heavy atom. The quantitative estimate of drug-likeness (QED) is 0.873. The molecule has 4 heteroatoms. The molecule has 0 N–H and O–H groups in total. The van der Waals surface area contributed by atoms with Crippen molar-refractivity contribution in [3.05, 3.63) is 65.7 Å². The highest BCUT2D eigenvalue weighted by atomic mass is 16.2. The number of amides is 2. The van der Waals surface area contributed by atoms with E-state index in [4.69, 9.17) is 0 Å². The Balaban J connectivity index is 2.02. The molecule has 0 saturated carbocycles. The number of carbonyl (C=O) groups excluding carboxylic acids is 2. The van der Waals surface area contributed by atoms with Crippen LogP contribution in [0.5, 0.6) is 0 Å². The Labute approximate surface area is 129 Å². The summed E-state index contributed by atoms with van der Waals surface area (Å²) in [6.07, 6.45) is 0.847. The van der Waals surface area contributed by atoms with Crippen LogP contribution in [0.2, 0.25) is 0 Å². The topological polar surface area (TPSA) is 49.7 Å². The molecule has 22 heavy (non-hydrogen) atoms. The fourth-order valence-electron chi connectivity index (χ4n) is 2.56. The molecule has 1 heterocycles. The van der Waals surface area contributed by atoms with E-state index in [1.165, 1.54) is 0 Å². The second kappa shape index (κ2) is 5.93. The maximum Gasteiger partial charge on any atom is 0.277 e. The van der Waals surface area contributed by atoms with Crippen molar-refractivity contribution in [2.45, 2.75) is 13.3 Å². The summed E-state index contributed by atoms with van der Waals surface area (Å²) in [5, 5.41) is 0. The van der Waals surface area contributed by atoms with Gasteiger partial charge in [0.25, 0.3) is 11.8 Å². The lowest BCUT2D eigenvalue weighted by Gasteiger charge is -2.14. The Kier molecular flexibility index (Phi) is 3.83. The summed E-state index contributed by atoms with van der Waals surface area (Å²) in [7, 11) is 0. The van der Waals surface area contributed by atoms with Crippen LogP contribution in [0, 0.1) is 0 Å². The maximum absolute atomic E-state index is 12.6. The molecular weight excluding hydrogens is 276 g/mol. The zero-order valence-corrected chi connectivity index (χ0v) is 12.3. The van der Waals surface area contributed by atoms with Gasteiger partial charge in [-0.25, -0.2) is 4.99 Å². The molecule has 0 bridgehead atoms. The first kappa shape index (κ1) is 14.2. The van der Waals surface area contributed by atoms with Crippen LogP contribution in [0.1, 0.15) is 29.3 Å². The van der Waals surface area contributed by atoms with Crippen molar-refractivity contribution in [1.29, 1.82) is 0 Å². The van der Waals surface area contributed by atoms with Crippen LogP contribution >= 0.6 is 0 Å². The fraction of sp³-hybridized carbons (Fsp3) is 0.167. The molecule has 0 spiro atoms. The number of rotatable bonds is 3. The molecule has 3 rings (SSSR count). The predicted molar refractivity (Wildman–Crippen MR) is 86.4 cm³/mol. The monoisotopic (exact) mass is 292 g/mol. The Bertz CT molecular complexity index is 751. The molecule has 2 aromatic carbocycles. The molecule has 0 unspecified atom stereocenters. The summed E-state index contributed by atoms with van der Waals surface area (Å²) in [5.74, 6) is -0.593. The minimum atomic E-state index is -0.392. The van der Waals surface area contributed by atoms with E-state index < -0.39 is 5.91 Å². The van der Waals surface area contributed by atoms with E-state index in [9.17, 15) is 9.59 Å². The van der Waals surface area contributed by atoms with Gasteiger partial charge in [-0.1, -0.05) is 43.3 Å². The van der Waals surface area contributed by atoms with Crippen LogP contribution in [-0.4, -0.2) is 24.1 Å². The zero-order valence-electron chi connectivity index (χ0n) is 12.3. The third kappa shape index (κ3) is 2.44. The van der Waals surface area contributed by atoms with Crippen LogP contribution in [0.3, 0.4) is 0 Å². The molecular formula is C18H16N2O2. The maximum atomic E-state index is 12.6. The smallest absolute Gasteiger partial charge is 0.277 e. The molecule has 2 aromatic rings. The molecule has 0 aliphatic carbocycles. The highest BCUT2D eigenvalue weighted by molar-refractivity contribution is 6.55. The zero-order chi connectivity index (χ0) is 15.5. The van der Waals surface area contributed by atoms with Gasteiger partial charge in [-0.2, -0.15) is 0 Å². The van der Waals surface area contributed by atoms with E-state index in [0.717, 1.165) is 17.7 Å². The highest BCUT2D eigenvalue weighted by Gasteiger charge is 2.33. The van der Waals surface area contributed by atoms with Crippen LogP contribution in [0.25, 0.3) is 0 Å². The van der Waals surface area contributed by atoms with Gasteiger partial charge in [0.15, 0.2) is 0 Å². The first-order valence-corrected chi connectivity index (χ1v) is 7.31. The van der Waals surface area contributed by atoms with E-state index in [1.54, 1.807) is 29.2 Å². The fourth-order valence-corrected chi connectivity index (χ4v) is 2.56. The molecule has 2 amide bonds. The second-order valence-electron chi connectivity index (χ2n) is 5.11. The van der Waals surface area contributed by atoms with Crippen molar-refractivity contribution in [2.75, 3.05) is 11.4 Å². The number of carbonyl (C=O) groups is 2. The lowest BCUT2D eigenvalue weighted by atomic mass is 10.1. The van der Waals surface area contributed by atoms with Crippen LogP contribution < -0.4 is 4.90 Å². The average molecular weight is 292 g/mol. The normalized spacial score (nSPS) is 15.2. The Hall–Kier alpha value is -2.75. The first-order chi connectivity index (χ1) is 10.7. The van der Waals surface area contributed by atoms with Crippen LogP contribution in [0.15, 0.2) is 59.6 Å². The average Bonchev–Trinajstić information content (AvgIpc) is 2.82. The third-order valence-corrected chi connectivity index (χ3v) is 3.58. The lowest BCUT2D eigenvalue weighted by molar-refractivity contribution is -0.112. The minimum absolute atomic E-state index is 0.202. The van der Waals surface area contributed by atoms with Gasteiger partial charge in [-0.3, -0.25) is 9.59 Å². The summed E-state index contributed by atoms with van der Waals surface area (Å²) >= 11 is 0. The first-order valence-electron chi connectivity index (χ1n) is 7.31. The third-order valence-electron chi connectivity index (χ3n) is 3.58. The van der Waals surface area contributed by atoms with E-state index in [2.05, 4.69) is 4.99 Å². The molecule has 4 nitrogen and oxygen atoms in total. The Morgan fingerprint density at radius 3 is 2.45 bits per heavy atom. The van der Waals surface area contributed by atoms with Crippen molar-refractivity contribution in [3.8, 4) is 0 Å². The van der Waals surface area contributed by atoms with E-state index >= 15 is 0 Å². The summed E-state index contributed by atoms with van der Waals surface area (Å²) < 4.78 is 0. The van der Waals surface area contributed by atoms with Gasteiger partial charge in [0.1, 0.15) is 5.71 Å². The molecule has 0 atom stereocenters. The number of nitrogens with zero attached hydrogens (tertiary/aromatic N) is 2. The number of hydrogen-bond donors (Lipinski definition) is 0. The number of anilines is 1. The molecule has 110 valence electrons. The summed E-state index contributed by atoms with van der Waals surface area (Å²) in [6, 6.07) is 16.2. The molecule has 0 aromatic heterocycles. The van der Waals surface area contributed by atoms with Gasteiger partial charge in [0.05, 0.1) is 5.69 Å².